The molecule has 38 heavy (non-hydrogen) atoms. The minimum atomic E-state index is -0.712. The Bertz CT molecular complexity index is 1490. The van der Waals surface area contributed by atoms with E-state index in [1.54, 1.807) is 4.90 Å². The molecule has 1 saturated heterocycles. The number of imide groups is 1. The Morgan fingerprint density at radius 2 is 1.34 bits per heavy atom. The third-order valence-corrected chi connectivity index (χ3v) is 8.38. The number of halogens is 4. The predicted molar refractivity (Wildman–Crippen MR) is 146 cm³/mol. The van der Waals surface area contributed by atoms with Crippen LogP contribution in [0.1, 0.15) is 38.3 Å². The van der Waals surface area contributed by atoms with E-state index in [-0.39, 0.29) is 61.5 Å². The molecule has 0 N–H and O–H groups in total. The van der Waals surface area contributed by atoms with Crippen LogP contribution in [0.4, 0.5) is 11.4 Å². The third kappa shape index (κ3) is 4.24. The molecule has 0 aromatic heterocycles. The van der Waals surface area contributed by atoms with Gasteiger partial charge in [-0.2, -0.15) is 0 Å². The van der Waals surface area contributed by atoms with E-state index in [2.05, 4.69) is 0 Å². The van der Waals surface area contributed by atoms with Crippen molar-refractivity contribution in [2.45, 2.75) is 20.3 Å². The van der Waals surface area contributed by atoms with E-state index in [9.17, 15) is 19.2 Å². The number of para-hydroxylation sites is 1. The average molecular weight is 592 g/mol. The molecule has 7 nitrogen and oxygen atoms in total. The standard InChI is InChI=1S/C27H18Cl4N2O5/c1-12-4-3-5-13(2)24(12)32-11-14(10-17(32)34)27(37)38-16-8-6-15(7-9-16)33-25(35)18-19(26(33)36)21(29)23(31)22(30)20(18)28/h3-9,14H,10-11H2,1-2H3/t14-/m0/s1. The van der Waals surface area contributed by atoms with Crippen LogP contribution in [0.3, 0.4) is 0 Å². The van der Waals surface area contributed by atoms with Gasteiger partial charge in [-0.1, -0.05) is 64.6 Å². The zero-order chi connectivity index (χ0) is 27.5. The van der Waals surface area contributed by atoms with Crippen LogP contribution < -0.4 is 14.5 Å². The fourth-order valence-electron chi connectivity index (χ4n) is 4.76. The van der Waals surface area contributed by atoms with Crippen molar-refractivity contribution < 1.29 is 23.9 Å². The first-order chi connectivity index (χ1) is 18.0. The molecule has 11 heteroatoms. The van der Waals surface area contributed by atoms with Gasteiger partial charge in [0, 0.05) is 18.7 Å². The fraction of sp³-hybridized carbons (Fsp3) is 0.185. The number of amides is 3. The Hall–Kier alpha value is -3.10. The molecule has 2 heterocycles. The van der Waals surface area contributed by atoms with E-state index in [0.717, 1.165) is 21.7 Å². The normalized spacial score (nSPS) is 16.9. The minimum absolute atomic E-state index is 0.0341. The topological polar surface area (TPSA) is 84.0 Å². The molecule has 5 rings (SSSR count). The van der Waals surface area contributed by atoms with E-state index in [0.29, 0.717) is 0 Å². The number of benzene rings is 3. The summed E-state index contributed by atoms with van der Waals surface area (Å²) in [6.45, 7) is 4.05. The van der Waals surface area contributed by atoms with Crippen molar-refractivity contribution in [2.75, 3.05) is 16.3 Å². The number of carbonyl (C=O) groups excluding carboxylic acids is 4. The van der Waals surface area contributed by atoms with Crippen molar-refractivity contribution in [3.8, 4) is 5.75 Å². The summed E-state index contributed by atoms with van der Waals surface area (Å²) in [6, 6.07) is 11.5. The Kier molecular flexibility index (Phi) is 6.90. The molecule has 3 aromatic carbocycles. The molecule has 0 unspecified atom stereocenters. The summed E-state index contributed by atoms with van der Waals surface area (Å²) in [5, 5.41) is -0.570. The zero-order valence-electron chi connectivity index (χ0n) is 20.0. The summed E-state index contributed by atoms with van der Waals surface area (Å²) in [5.74, 6) is -2.58. The lowest BCUT2D eigenvalue weighted by atomic mass is 10.1. The first-order valence-corrected chi connectivity index (χ1v) is 13.0. The molecule has 1 fully saturated rings. The number of hydrogen-bond donors (Lipinski definition) is 0. The van der Waals surface area contributed by atoms with Gasteiger partial charge in [0.2, 0.25) is 5.91 Å². The molecule has 0 radical (unpaired) electrons. The predicted octanol–water partition coefficient (Wildman–Crippen LogP) is 6.68. The van der Waals surface area contributed by atoms with Crippen molar-refractivity contribution >= 4 is 81.5 Å². The van der Waals surface area contributed by atoms with Gasteiger partial charge in [0.15, 0.2) is 0 Å². The maximum absolute atomic E-state index is 13.0. The van der Waals surface area contributed by atoms with Gasteiger partial charge in [-0.25, -0.2) is 4.90 Å². The Morgan fingerprint density at radius 1 is 0.816 bits per heavy atom. The van der Waals surface area contributed by atoms with E-state index >= 15 is 0 Å². The van der Waals surface area contributed by atoms with Crippen LogP contribution in [-0.4, -0.2) is 30.2 Å². The summed E-state index contributed by atoms with van der Waals surface area (Å²) < 4.78 is 5.51. The lowest BCUT2D eigenvalue weighted by Crippen LogP contribution is -2.29. The number of ether oxygens (including phenoxy) is 1. The van der Waals surface area contributed by atoms with Gasteiger partial charge in [0.1, 0.15) is 5.75 Å². The molecule has 3 aromatic rings. The lowest BCUT2D eigenvalue weighted by molar-refractivity contribution is -0.139. The molecule has 1 atom stereocenters. The smallest absolute Gasteiger partial charge is 0.316 e. The highest BCUT2D eigenvalue weighted by molar-refractivity contribution is 6.56. The number of aryl methyl sites for hydroxylation is 2. The Morgan fingerprint density at radius 3 is 1.87 bits per heavy atom. The highest BCUT2D eigenvalue weighted by atomic mass is 35.5. The number of nitrogens with zero attached hydrogens (tertiary/aromatic N) is 2. The van der Waals surface area contributed by atoms with E-state index < -0.39 is 23.7 Å². The second-order valence-electron chi connectivity index (χ2n) is 9.01. The maximum atomic E-state index is 13.0. The summed E-state index contributed by atoms with van der Waals surface area (Å²) >= 11 is 24.5. The van der Waals surface area contributed by atoms with Crippen molar-refractivity contribution in [3.05, 3.63) is 84.8 Å². The van der Waals surface area contributed by atoms with Gasteiger partial charge in [0.05, 0.1) is 42.8 Å². The van der Waals surface area contributed by atoms with E-state index in [1.165, 1.54) is 24.3 Å². The zero-order valence-corrected chi connectivity index (χ0v) is 23.0. The molecule has 0 bridgehead atoms. The van der Waals surface area contributed by atoms with Crippen molar-refractivity contribution in [3.63, 3.8) is 0 Å². The lowest BCUT2D eigenvalue weighted by Gasteiger charge is -2.21. The number of rotatable bonds is 4. The fourth-order valence-corrected chi connectivity index (χ4v) is 5.77. The molecule has 2 aliphatic heterocycles. The SMILES string of the molecule is Cc1cccc(C)c1N1C[C@@H](C(=O)Oc2ccc(N3C(=O)c4c(Cl)c(Cl)c(Cl)c(Cl)c4C3=O)cc2)CC1=O. The number of fused-ring (bicyclic) bond motifs is 1. The van der Waals surface area contributed by atoms with Crippen molar-refractivity contribution in [2.24, 2.45) is 5.92 Å². The first kappa shape index (κ1) is 26.5. The summed E-state index contributed by atoms with van der Waals surface area (Å²) in [6.07, 6.45) is 0.0341. The van der Waals surface area contributed by atoms with Gasteiger partial charge in [-0.3, -0.25) is 19.2 Å². The van der Waals surface area contributed by atoms with Crippen LogP contribution in [0.25, 0.3) is 0 Å². The average Bonchev–Trinajstić information content (AvgIpc) is 3.38. The van der Waals surface area contributed by atoms with Gasteiger partial charge < -0.3 is 9.64 Å². The molecular formula is C27H18Cl4N2O5. The van der Waals surface area contributed by atoms with Gasteiger partial charge >= 0.3 is 5.97 Å². The first-order valence-electron chi connectivity index (χ1n) is 11.4. The molecule has 194 valence electrons. The van der Waals surface area contributed by atoms with Crippen LogP contribution in [0.2, 0.25) is 20.1 Å². The van der Waals surface area contributed by atoms with Crippen LogP contribution in [0.15, 0.2) is 42.5 Å². The monoisotopic (exact) mass is 590 g/mol. The molecular weight excluding hydrogens is 574 g/mol. The Labute approximate surface area is 237 Å². The number of carbonyl (C=O) groups is 4. The summed E-state index contributed by atoms with van der Waals surface area (Å²) in [5.41, 5.74) is 2.64. The Balaban J connectivity index is 1.32. The van der Waals surface area contributed by atoms with Gasteiger partial charge in [-0.05, 0) is 49.2 Å². The second-order valence-corrected chi connectivity index (χ2v) is 10.5. The summed E-state index contributed by atoms with van der Waals surface area (Å²) in [4.78, 5) is 54.2. The number of anilines is 2. The van der Waals surface area contributed by atoms with Gasteiger partial charge in [0.25, 0.3) is 11.8 Å². The van der Waals surface area contributed by atoms with Crippen molar-refractivity contribution in [1.29, 1.82) is 0 Å². The highest BCUT2D eigenvalue weighted by Crippen LogP contribution is 2.45. The quantitative estimate of drug-likeness (QED) is 0.111. The minimum Gasteiger partial charge on any atom is -0.426 e. The van der Waals surface area contributed by atoms with Crippen LogP contribution >= 0.6 is 46.4 Å². The summed E-state index contributed by atoms with van der Waals surface area (Å²) in [7, 11) is 0. The largest absolute Gasteiger partial charge is 0.426 e. The molecule has 2 aliphatic rings. The van der Waals surface area contributed by atoms with E-state index in [1.807, 2.05) is 32.0 Å². The number of hydrogen-bond acceptors (Lipinski definition) is 5. The maximum Gasteiger partial charge on any atom is 0.316 e. The molecule has 0 aliphatic carbocycles. The van der Waals surface area contributed by atoms with Crippen molar-refractivity contribution in [1.82, 2.24) is 0 Å². The molecule has 3 amide bonds. The van der Waals surface area contributed by atoms with E-state index in [4.69, 9.17) is 51.1 Å². The second kappa shape index (κ2) is 9.89. The van der Waals surface area contributed by atoms with Crippen LogP contribution in [-0.2, 0) is 9.59 Å². The van der Waals surface area contributed by atoms with Gasteiger partial charge in [-0.15, -0.1) is 0 Å². The van der Waals surface area contributed by atoms with Crippen LogP contribution in [0.5, 0.6) is 5.75 Å². The highest BCUT2D eigenvalue weighted by Gasteiger charge is 2.42. The van der Waals surface area contributed by atoms with Crippen LogP contribution in [0, 0.1) is 19.8 Å². The third-order valence-electron chi connectivity index (χ3n) is 6.58. The molecule has 0 saturated carbocycles. The number of esters is 1. The molecule has 0 spiro atoms.